The van der Waals surface area contributed by atoms with Crippen LogP contribution in [-0.4, -0.2) is 52.4 Å². The van der Waals surface area contributed by atoms with Gasteiger partial charge in [0.1, 0.15) is 16.7 Å². The van der Waals surface area contributed by atoms with Gasteiger partial charge in [-0.05, 0) is 52.2 Å². The topological polar surface area (TPSA) is 118 Å². The van der Waals surface area contributed by atoms with Crippen molar-refractivity contribution in [1.29, 1.82) is 0 Å². The van der Waals surface area contributed by atoms with Crippen LogP contribution in [0.1, 0.15) is 55.7 Å². The molecule has 0 bridgehead atoms. The number of carboxylic acid groups (broad SMARTS) is 1. The molecule has 3 heterocycles. The Labute approximate surface area is 229 Å². The Hall–Kier alpha value is -3.59. The molecule has 10 nitrogen and oxygen atoms in total. The summed E-state index contributed by atoms with van der Waals surface area (Å²) < 4.78 is 19.6. The van der Waals surface area contributed by atoms with E-state index in [9.17, 15) is 19.5 Å². The summed E-state index contributed by atoms with van der Waals surface area (Å²) in [5.41, 5.74) is -2.07. The number of hydrogen-bond acceptors (Lipinski definition) is 8. The molecule has 208 valence electrons. The molecule has 11 heteroatoms. The number of carbonyl (C=O) groups is 1. The van der Waals surface area contributed by atoms with Crippen LogP contribution in [0.5, 0.6) is 5.75 Å². The van der Waals surface area contributed by atoms with Crippen molar-refractivity contribution < 1.29 is 28.9 Å². The summed E-state index contributed by atoms with van der Waals surface area (Å²) in [6.07, 6.45) is 0.644. The molecule has 39 heavy (non-hydrogen) atoms. The first kappa shape index (κ1) is 28.4. The van der Waals surface area contributed by atoms with Crippen LogP contribution >= 0.6 is 11.3 Å². The summed E-state index contributed by atoms with van der Waals surface area (Å²) in [6, 6.07) is 7.40. The van der Waals surface area contributed by atoms with E-state index in [2.05, 4.69) is 11.8 Å². The van der Waals surface area contributed by atoms with E-state index in [1.54, 1.807) is 21.0 Å². The van der Waals surface area contributed by atoms with Gasteiger partial charge in [0.15, 0.2) is 0 Å². The maximum atomic E-state index is 13.9. The Balaban J connectivity index is 1.94. The van der Waals surface area contributed by atoms with Crippen molar-refractivity contribution in [3.05, 3.63) is 61.1 Å². The fourth-order valence-corrected chi connectivity index (χ4v) is 5.63. The van der Waals surface area contributed by atoms with Crippen LogP contribution in [0.3, 0.4) is 0 Å². The zero-order valence-electron chi connectivity index (χ0n) is 22.6. The lowest BCUT2D eigenvalue weighted by Crippen LogP contribution is -2.52. The number of aliphatic carboxylic acids is 1. The first-order chi connectivity index (χ1) is 18.6. The second kappa shape index (κ2) is 11.7. The highest BCUT2D eigenvalue weighted by atomic mass is 32.1. The van der Waals surface area contributed by atoms with Crippen molar-refractivity contribution in [2.75, 3.05) is 20.3 Å². The maximum absolute atomic E-state index is 13.9. The third kappa shape index (κ3) is 5.73. The predicted molar refractivity (Wildman–Crippen MR) is 147 cm³/mol. The number of aryl methyl sites for hydroxylation is 1. The monoisotopic (exact) mass is 556 g/mol. The lowest BCUT2D eigenvalue weighted by molar-refractivity contribution is -0.163. The average Bonchev–Trinajstić information content (AvgIpc) is 3.24. The summed E-state index contributed by atoms with van der Waals surface area (Å²) in [7, 11) is 1.56. The molecule has 0 saturated carbocycles. The van der Waals surface area contributed by atoms with Crippen LogP contribution in [-0.2, 0) is 20.8 Å². The van der Waals surface area contributed by atoms with Gasteiger partial charge >= 0.3 is 11.7 Å². The van der Waals surface area contributed by atoms with Gasteiger partial charge in [0.05, 0.1) is 30.0 Å². The van der Waals surface area contributed by atoms with E-state index < -0.39 is 28.9 Å². The standard InChI is InChI=1S/C28H32N2O8S/c1-6-9-22-17(2)23-24(31)30(38-28(3,4)26(32)33)27(34)29(25(23)39-22)16-21(37-18-12-14-36-15-13-18)19-10-7-8-11-20(19)35-5/h7-8,10-11,18,21H,12-16H2,1-5H3,(H,32,33)/t21-/m0/s1. The predicted octanol–water partition coefficient (Wildman–Crippen LogP) is 3.14. The molecule has 4 rings (SSSR count). The Morgan fingerprint density at radius 3 is 2.59 bits per heavy atom. The fourth-order valence-electron chi connectivity index (χ4n) is 4.42. The first-order valence-electron chi connectivity index (χ1n) is 12.6. The second-order valence-corrected chi connectivity index (χ2v) is 10.7. The molecule has 1 saturated heterocycles. The van der Waals surface area contributed by atoms with E-state index in [0.717, 1.165) is 5.56 Å². The van der Waals surface area contributed by atoms with Crippen LogP contribution in [0.4, 0.5) is 0 Å². The van der Waals surface area contributed by atoms with Crippen molar-refractivity contribution >= 4 is 27.5 Å². The summed E-state index contributed by atoms with van der Waals surface area (Å²) >= 11 is 1.23. The first-order valence-corrected chi connectivity index (χ1v) is 13.4. The lowest BCUT2D eigenvalue weighted by Gasteiger charge is -2.29. The molecule has 0 aliphatic carbocycles. The van der Waals surface area contributed by atoms with Gasteiger partial charge in [-0.3, -0.25) is 9.36 Å². The van der Waals surface area contributed by atoms with Crippen molar-refractivity contribution in [3.63, 3.8) is 0 Å². The highest BCUT2D eigenvalue weighted by molar-refractivity contribution is 7.19. The zero-order chi connectivity index (χ0) is 28.3. The van der Waals surface area contributed by atoms with Gasteiger partial charge in [-0.2, -0.15) is 0 Å². The third-order valence-corrected chi connectivity index (χ3v) is 7.84. The molecule has 0 unspecified atom stereocenters. The van der Waals surface area contributed by atoms with Crippen LogP contribution in [0, 0.1) is 18.8 Å². The fraction of sp³-hybridized carbons (Fsp3) is 0.464. The van der Waals surface area contributed by atoms with Gasteiger partial charge in [0.25, 0.3) is 5.56 Å². The third-order valence-electron chi connectivity index (χ3n) is 6.61. The largest absolute Gasteiger partial charge is 0.496 e. The zero-order valence-corrected chi connectivity index (χ0v) is 23.4. The minimum absolute atomic E-state index is 0.0170. The summed E-state index contributed by atoms with van der Waals surface area (Å²) in [4.78, 5) is 45.8. The van der Waals surface area contributed by atoms with E-state index in [0.29, 0.717) is 51.8 Å². The summed E-state index contributed by atoms with van der Waals surface area (Å²) in [5.74, 6) is 5.11. The molecule has 1 aromatic carbocycles. The smallest absolute Gasteiger partial charge is 0.365 e. The summed E-state index contributed by atoms with van der Waals surface area (Å²) in [6.45, 7) is 7.14. The molecule has 1 fully saturated rings. The number of fused-ring (bicyclic) bond motifs is 1. The minimum atomic E-state index is -1.84. The Kier molecular flexibility index (Phi) is 8.49. The van der Waals surface area contributed by atoms with Crippen LogP contribution in [0.15, 0.2) is 33.9 Å². The Bertz CT molecular complexity index is 1550. The number of methoxy groups -OCH3 is 1. The molecule has 1 aliphatic heterocycles. The number of thiophene rings is 1. The SMILES string of the molecule is CC#Cc1sc2c(c1C)c(=O)n(OC(C)(C)C(=O)O)c(=O)n2C[C@H](OC1CCOCC1)c1ccccc1OC. The number of aromatic nitrogens is 2. The molecule has 0 radical (unpaired) electrons. The minimum Gasteiger partial charge on any atom is -0.496 e. The number of carboxylic acids is 1. The van der Waals surface area contributed by atoms with E-state index in [1.807, 2.05) is 24.3 Å². The van der Waals surface area contributed by atoms with E-state index in [-0.39, 0.29) is 18.0 Å². The maximum Gasteiger partial charge on any atom is 0.365 e. The second-order valence-electron chi connectivity index (χ2n) is 9.69. The van der Waals surface area contributed by atoms with E-state index in [1.165, 1.54) is 29.8 Å². The van der Waals surface area contributed by atoms with Gasteiger partial charge < -0.3 is 24.2 Å². The number of rotatable bonds is 9. The molecule has 1 atom stereocenters. The highest BCUT2D eigenvalue weighted by Gasteiger charge is 2.34. The number of para-hydroxylation sites is 1. The number of benzene rings is 1. The van der Waals surface area contributed by atoms with Crippen LogP contribution in [0.2, 0.25) is 0 Å². The average molecular weight is 557 g/mol. The molecule has 1 aliphatic rings. The molecule has 0 spiro atoms. The Morgan fingerprint density at radius 2 is 1.95 bits per heavy atom. The normalized spacial score (nSPS) is 15.0. The highest BCUT2D eigenvalue weighted by Crippen LogP contribution is 2.33. The molecule has 2 aromatic heterocycles. The van der Waals surface area contributed by atoms with Gasteiger partial charge in [0.2, 0.25) is 5.60 Å². The van der Waals surface area contributed by atoms with Crippen molar-refractivity contribution in [1.82, 2.24) is 9.30 Å². The van der Waals surface area contributed by atoms with Crippen LogP contribution < -0.4 is 20.8 Å². The number of nitrogens with zero attached hydrogens (tertiary/aromatic N) is 2. The quantitative estimate of drug-likeness (QED) is 0.400. The number of hydrogen-bond donors (Lipinski definition) is 1. The van der Waals surface area contributed by atoms with E-state index >= 15 is 0 Å². The molecule has 1 N–H and O–H groups in total. The number of ether oxygens (including phenoxy) is 3. The van der Waals surface area contributed by atoms with E-state index in [4.69, 9.17) is 19.0 Å². The molecular weight excluding hydrogens is 524 g/mol. The lowest BCUT2D eigenvalue weighted by atomic mass is 10.1. The van der Waals surface area contributed by atoms with Crippen molar-refractivity contribution in [2.45, 2.75) is 64.9 Å². The van der Waals surface area contributed by atoms with Gasteiger partial charge in [-0.25, -0.2) is 9.59 Å². The molecular formula is C28H32N2O8S. The van der Waals surface area contributed by atoms with Crippen LogP contribution in [0.25, 0.3) is 10.2 Å². The van der Waals surface area contributed by atoms with Gasteiger partial charge in [-0.15, -0.1) is 17.3 Å². The molecule has 3 aromatic rings. The molecule has 0 amide bonds. The summed E-state index contributed by atoms with van der Waals surface area (Å²) in [5, 5.41) is 9.86. The Morgan fingerprint density at radius 1 is 1.26 bits per heavy atom. The van der Waals surface area contributed by atoms with Crippen molar-refractivity contribution in [3.8, 4) is 17.6 Å². The van der Waals surface area contributed by atoms with Crippen molar-refractivity contribution in [2.24, 2.45) is 0 Å². The van der Waals surface area contributed by atoms with Gasteiger partial charge in [0, 0.05) is 18.8 Å². The van der Waals surface area contributed by atoms with Gasteiger partial charge in [-0.1, -0.05) is 28.8 Å².